The van der Waals surface area contributed by atoms with Crippen LogP contribution in [0.3, 0.4) is 0 Å². The van der Waals surface area contributed by atoms with Crippen molar-refractivity contribution in [1.29, 1.82) is 0 Å². The predicted octanol–water partition coefficient (Wildman–Crippen LogP) is 3.84. The number of nitrogens with one attached hydrogen (secondary N) is 1. The van der Waals surface area contributed by atoms with E-state index < -0.39 is 29.6 Å². The van der Waals surface area contributed by atoms with E-state index in [4.69, 9.17) is 9.47 Å². The van der Waals surface area contributed by atoms with Gasteiger partial charge >= 0.3 is 11.9 Å². The second kappa shape index (κ2) is 8.06. The van der Waals surface area contributed by atoms with Gasteiger partial charge in [0.2, 0.25) is 5.78 Å². The SMILES string of the molecule is COC(=O)c1c(C)[nH]c(C(=O)C(C)OC(=O)c2cc3ccc(F)cc3nc2C)c1C. The number of methoxy groups -OCH3 is 1. The third-order valence-corrected chi connectivity index (χ3v) is 4.92. The molecule has 1 atom stereocenters. The van der Waals surface area contributed by atoms with Crippen LogP contribution in [0, 0.1) is 26.6 Å². The number of Topliss-reactive ketones (excluding diaryl/α,β-unsaturated/α-hetero) is 1. The monoisotopic (exact) mass is 412 g/mol. The third-order valence-electron chi connectivity index (χ3n) is 4.92. The number of rotatable bonds is 5. The molecule has 0 amide bonds. The van der Waals surface area contributed by atoms with Crippen molar-refractivity contribution in [1.82, 2.24) is 9.97 Å². The molecule has 0 fully saturated rings. The Hall–Kier alpha value is -3.55. The van der Waals surface area contributed by atoms with Gasteiger partial charge in [0.15, 0.2) is 6.10 Å². The van der Waals surface area contributed by atoms with E-state index in [2.05, 4.69) is 9.97 Å². The van der Waals surface area contributed by atoms with Crippen molar-refractivity contribution in [2.24, 2.45) is 0 Å². The molecule has 0 aliphatic rings. The molecule has 2 heterocycles. The number of ether oxygens (including phenoxy) is 2. The van der Waals surface area contributed by atoms with Crippen LogP contribution in [0.5, 0.6) is 0 Å². The van der Waals surface area contributed by atoms with Gasteiger partial charge in [-0.2, -0.15) is 0 Å². The predicted molar refractivity (Wildman–Crippen MR) is 107 cm³/mol. The highest BCUT2D eigenvalue weighted by atomic mass is 19.1. The van der Waals surface area contributed by atoms with Crippen LogP contribution in [0.25, 0.3) is 10.9 Å². The lowest BCUT2D eigenvalue weighted by Gasteiger charge is -2.13. The molecule has 156 valence electrons. The van der Waals surface area contributed by atoms with Crippen molar-refractivity contribution < 1.29 is 28.2 Å². The van der Waals surface area contributed by atoms with E-state index in [1.54, 1.807) is 26.8 Å². The average molecular weight is 412 g/mol. The summed E-state index contributed by atoms with van der Waals surface area (Å²) in [6.45, 7) is 6.33. The number of hydrogen-bond acceptors (Lipinski definition) is 6. The summed E-state index contributed by atoms with van der Waals surface area (Å²) in [6.07, 6.45) is -1.11. The first-order chi connectivity index (χ1) is 14.1. The number of aromatic nitrogens is 2. The van der Waals surface area contributed by atoms with Crippen molar-refractivity contribution in [3.8, 4) is 0 Å². The van der Waals surface area contributed by atoms with Crippen LogP contribution in [-0.2, 0) is 9.47 Å². The van der Waals surface area contributed by atoms with E-state index in [1.807, 2.05) is 0 Å². The summed E-state index contributed by atoms with van der Waals surface area (Å²) in [4.78, 5) is 44.5. The second-order valence-electron chi connectivity index (χ2n) is 6.99. The van der Waals surface area contributed by atoms with Crippen molar-refractivity contribution in [3.05, 3.63) is 63.9 Å². The minimum Gasteiger partial charge on any atom is -0.465 e. The normalized spacial score (nSPS) is 11.9. The molecule has 1 N–H and O–H groups in total. The Morgan fingerprint density at radius 3 is 2.47 bits per heavy atom. The van der Waals surface area contributed by atoms with Crippen LogP contribution in [0.15, 0.2) is 24.3 Å². The summed E-state index contributed by atoms with van der Waals surface area (Å²) >= 11 is 0. The molecule has 1 aromatic carbocycles. The van der Waals surface area contributed by atoms with Crippen molar-refractivity contribution >= 4 is 28.6 Å². The van der Waals surface area contributed by atoms with Gasteiger partial charge in [0.25, 0.3) is 0 Å². The number of fused-ring (bicyclic) bond motifs is 1. The molecule has 0 saturated heterocycles. The Morgan fingerprint density at radius 1 is 1.10 bits per heavy atom. The number of benzene rings is 1. The maximum absolute atomic E-state index is 13.4. The summed E-state index contributed by atoms with van der Waals surface area (Å²) in [6, 6.07) is 5.62. The van der Waals surface area contributed by atoms with Crippen LogP contribution in [0.4, 0.5) is 4.39 Å². The average Bonchev–Trinajstić information content (AvgIpc) is 2.99. The van der Waals surface area contributed by atoms with Crippen LogP contribution in [0.2, 0.25) is 0 Å². The Bertz CT molecular complexity index is 1180. The summed E-state index contributed by atoms with van der Waals surface area (Å²) in [5.74, 6) is -2.18. The quantitative estimate of drug-likeness (QED) is 0.505. The van der Waals surface area contributed by atoms with Gasteiger partial charge in [0.1, 0.15) is 5.82 Å². The lowest BCUT2D eigenvalue weighted by atomic mass is 10.1. The molecule has 0 spiro atoms. The zero-order valence-electron chi connectivity index (χ0n) is 17.3. The molecule has 2 aromatic heterocycles. The fourth-order valence-electron chi connectivity index (χ4n) is 3.33. The highest BCUT2D eigenvalue weighted by Gasteiger charge is 2.28. The maximum Gasteiger partial charge on any atom is 0.340 e. The number of ketones is 1. The molecule has 8 heteroatoms. The topological polar surface area (TPSA) is 98.4 Å². The highest BCUT2D eigenvalue weighted by molar-refractivity contribution is 6.05. The van der Waals surface area contributed by atoms with Gasteiger partial charge in [-0.1, -0.05) is 0 Å². The van der Waals surface area contributed by atoms with Gasteiger partial charge in [-0.3, -0.25) is 9.78 Å². The molecule has 3 aromatic rings. The smallest absolute Gasteiger partial charge is 0.340 e. The van der Waals surface area contributed by atoms with Gasteiger partial charge in [-0.25, -0.2) is 14.0 Å². The molecule has 1 unspecified atom stereocenters. The standard InChI is InChI=1S/C22H21FN2O5/c1-10-18(22(28)29-5)12(3)25-19(10)20(26)13(4)30-21(27)16-8-14-6-7-15(23)9-17(14)24-11(16)2/h6-9,13,25H,1-5H3. The Labute approximate surface area is 172 Å². The fraction of sp³-hybridized carbons (Fsp3) is 0.273. The van der Waals surface area contributed by atoms with E-state index >= 15 is 0 Å². The Balaban J connectivity index is 1.85. The van der Waals surface area contributed by atoms with E-state index in [9.17, 15) is 18.8 Å². The fourth-order valence-corrected chi connectivity index (χ4v) is 3.33. The minimum atomic E-state index is -1.11. The van der Waals surface area contributed by atoms with Crippen LogP contribution < -0.4 is 0 Å². The summed E-state index contributed by atoms with van der Waals surface area (Å²) in [5.41, 5.74) is 2.33. The van der Waals surface area contributed by atoms with Crippen molar-refractivity contribution in [2.75, 3.05) is 7.11 Å². The van der Waals surface area contributed by atoms with E-state index in [1.165, 1.54) is 32.2 Å². The molecule has 0 saturated carbocycles. The molecule has 7 nitrogen and oxygen atoms in total. The largest absolute Gasteiger partial charge is 0.465 e. The molecule has 3 rings (SSSR count). The lowest BCUT2D eigenvalue weighted by Crippen LogP contribution is -2.26. The first kappa shape index (κ1) is 21.2. The van der Waals surface area contributed by atoms with Gasteiger partial charge in [-0.15, -0.1) is 0 Å². The van der Waals surface area contributed by atoms with Crippen LogP contribution in [-0.4, -0.2) is 40.9 Å². The first-order valence-corrected chi connectivity index (χ1v) is 9.23. The number of H-pyrrole nitrogens is 1. The number of carbonyl (C=O) groups excluding carboxylic acids is 3. The number of nitrogens with zero attached hydrogens (tertiary/aromatic N) is 1. The van der Waals surface area contributed by atoms with Gasteiger partial charge in [-0.05, 0) is 51.5 Å². The zero-order chi connectivity index (χ0) is 22.2. The highest BCUT2D eigenvalue weighted by Crippen LogP contribution is 2.22. The molecule has 30 heavy (non-hydrogen) atoms. The summed E-state index contributed by atoms with van der Waals surface area (Å²) in [5, 5.41) is 0.575. The van der Waals surface area contributed by atoms with Crippen LogP contribution >= 0.6 is 0 Å². The molecule has 0 bridgehead atoms. The number of aryl methyl sites for hydroxylation is 2. The number of aromatic amines is 1. The Kier molecular flexibility index (Phi) is 5.69. The summed E-state index contributed by atoms with van der Waals surface area (Å²) in [7, 11) is 1.26. The second-order valence-corrected chi connectivity index (χ2v) is 6.99. The Morgan fingerprint density at radius 2 is 1.80 bits per heavy atom. The number of pyridine rings is 1. The molecular weight excluding hydrogens is 391 g/mol. The number of halogens is 1. The van der Waals surface area contributed by atoms with E-state index in [0.717, 1.165) is 0 Å². The molecular formula is C22H21FN2O5. The lowest BCUT2D eigenvalue weighted by molar-refractivity contribution is 0.0315. The minimum absolute atomic E-state index is 0.178. The number of esters is 2. The molecule has 0 aliphatic carbocycles. The van der Waals surface area contributed by atoms with Gasteiger partial charge in [0, 0.05) is 17.1 Å². The maximum atomic E-state index is 13.4. The third kappa shape index (κ3) is 3.80. The summed E-state index contributed by atoms with van der Waals surface area (Å²) < 4.78 is 23.5. The van der Waals surface area contributed by atoms with Gasteiger partial charge < -0.3 is 14.5 Å². The van der Waals surface area contributed by atoms with Crippen molar-refractivity contribution in [3.63, 3.8) is 0 Å². The van der Waals surface area contributed by atoms with E-state index in [-0.39, 0.29) is 16.8 Å². The molecule has 0 radical (unpaired) electrons. The van der Waals surface area contributed by atoms with E-state index in [0.29, 0.717) is 27.9 Å². The number of carbonyl (C=O) groups is 3. The zero-order valence-corrected chi connectivity index (χ0v) is 17.3. The molecule has 0 aliphatic heterocycles. The van der Waals surface area contributed by atoms with Gasteiger partial charge in [0.05, 0.1) is 35.1 Å². The van der Waals surface area contributed by atoms with Crippen molar-refractivity contribution in [2.45, 2.75) is 33.8 Å². The van der Waals surface area contributed by atoms with Crippen LogP contribution in [0.1, 0.15) is 55.1 Å². The first-order valence-electron chi connectivity index (χ1n) is 9.23. The number of hydrogen-bond donors (Lipinski definition) is 1.